The molecule has 0 radical (unpaired) electrons. The number of carboxylic acid groups (broad SMARTS) is 2. The van der Waals surface area contributed by atoms with E-state index in [1.54, 1.807) is 27.7 Å². The summed E-state index contributed by atoms with van der Waals surface area (Å²) < 4.78 is 0. The Morgan fingerprint density at radius 3 is 1.81 bits per heavy atom. The van der Waals surface area contributed by atoms with Crippen LogP contribution in [0.4, 0.5) is 0 Å². The van der Waals surface area contributed by atoms with E-state index >= 15 is 0 Å². The van der Waals surface area contributed by atoms with Gasteiger partial charge in [0.05, 0.1) is 12.6 Å². The fourth-order valence-corrected chi connectivity index (χ4v) is 2.60. The summed E-state index contributed by atoms with van der Waals surface area (Å²) in [6.45, 7) is 5.96. The number of hydrogen-bond acceptors (Lipinski definition) is 7. The van der Waals surface area contributed by atoms with E-state index in [0.29, 0.717) is 6.42 Å². The monoisotopic (exact) mass is 446 g/mol. The van der Waals surface area contributed by atoms with E-state index in [1.807, 2.05) is 0 Å². The molecule has 0 aromatic carbocycles. The molecule has 12 nitrogen and oxygen atoms in total. The highest BCUT2D eigenvalue weighted by Gasteiger charge is 2.33. The van der Waals surface area contributed by atoms with Crippen molar-refractivity contribution in [2.75, 3.05) is 6.61 Å². The summed E-state index contributed by atoms with van der Waals surface area (Å²) in [5.74, 6) is -5.45. The third-order valence-corrected chi connectivity index (χ3v) is 4.84. The first kappa shape index (κ1) is 28.3. The van der Waals surface area contributed by atoms with Gasteiger partial charge in [-0.1, -0.05) is 34.1 Å². The van der Waals surface area contributed by atoms with E-state index in [4.69, 9.17) is 21.1 Å². The van der Waals surface area contributed by atoms with Crippen molar-refractivity contribution in [2.45, 2.75) is 71.1 Å². The Labute approximate surface area is 180 Å². The molecule has 5 unspecified atom stereocenters. The number of aliphatic carboxylic acids is 2. The number of rotatable bonds is 14. The van der Waals surface area contributed by atoms with E-state index in [-0.39, 0.29) is 18.8 Å². The number of carboxylic acids is 2. The van der Waals surface area contributed by atoms with Gasteiger partial charge in [-0.05, 0) is 18.3 Å². The molecular weight excluding hydrogens is 412 g/mol. The highest BCUT2D eigenvalue weighted by atomic mass is 16.4. The van der Waals surface area contributed by atoms with Crippen LogP contribution in [0, 0.1) is 11.8 Å². The lowest BCUT2D eigenvalue weighted by molar-refractivity contribution is -0.143. The minimum Gasteiger partial charge on any atom is -0.481 e. The zero-order valence-corrected chi connectivity index (χ0v) is 18.3. The molecule has 0 bridgehead atoms. The molecule has 0 saturated carbocycles. The highest BCUT2D eigenvalue weighted by molar-refractivity contribution is 5.94. The summed E-state index contributed by atoms with van der Waals surface area (Å²) in [5.41, 5.74) is 5.70. The third-order valence-electron chi connectivity index (χ3n) is 4.84. The average molecular weight is 447 g/mol. The molecule has 0 aliphatic carbocycles. The van der Waals surface area contributed by atoms with Crippen LogP contribution in [0.25, 0.3) is 0 Å². The van der Waals surface area contributed by atoms with Crippen LogP contribution in [-0.2, 0) is 24.0 Å². The van der Waals surface area contributed by atoms with Crippen molar-refractivity contribution in [3.63, 3.8) is 0 Å². The van der Waals surface area contributed by atoms with E-state index in [2.05, 4.69) is 16.0 Å². The number of nitrogens with one attached hydrogen (secondary N) is 3. The number of hydrogen-bond donors (Lipinski definition) is 7. The standard InChI is InChI=1S/C19H34N4O8/c1-5-10(4)15(23-16(27)11(20)6-7-13(25)26)18(29)22-14(9(2)3)17(28)21-12(8-24)19(30)31/h9-12,14-15,24H,5-8,20H2,1-4H3,(H,21,28)(H,22,29)(H,23,27)(H,25,26)(H,30,31). The smallest absolute Gasteiger partial charge is 0.328 e. The Kier molecular flexibility index (Phi) is 12.4. The largest absolute Gasteiger partial charge is 0.481 e. The molecule has 3 amide bonds. The lowest BCUT2D eigenvalue weighted by Gasteiger charge is -2.29. The molecular formula is C19H34N4O8. The first-order valence-corrected chi connectivity index (χ1v) is 10.1. The fourth-order valence-electron chi connectivity index (χ4n) is 2.60. The molecule has 8 N–H and O–H groups in total. The first-order chi connectivity index (χ1) is 14.3. The highest BCUT2D eigenvalue weighted by Crippen LogP contribution is 2.11. The van der Waals surface area contributed by atoms with Crippen LogP contribution in [0.1, 0.15) is 47.0 Å². The minimum atomic E-state index is -1.53. The number of nitrogens with two attached hydrogens (primary N) is 1. The van der Waals surface area contributed by atoms with E-state index in [9.17, 15) is 24.0 Å². The molecule has 0 aliphatic rings. The normalized spacial score (nSPS) is 15.8. The molecule has 0 heterocycles. The Morgan fingerprint density at radius 2 is 1.39 bits per heavy atom. The van der Waals surface area contributed by atoms with Crippen LogP contribution in [0.2, 0.25) is 0 Å². The Hall–Kier alpha value is -2.73. The second-order valence-corrected chi connectivity index (χ2v) is 7.72. The van der Waals surface area contributed by atoms with Gasteiger partial charge in [0.1, 0.15) is 18.1 Å². The maximum atomic E-state index is 12.9. The quantitative estimate of drug-likeness (QED) is 0.164. The van der Waals surface area contributed by atoms with Gasteiger partial charge >= 0.3 is 11.9 Å². The minimum absolute atomic E-state index is 0.106. The van der Waals surface area contributed by atoms with Crippen molar-refractivity contribution in [1.29, 1.82) is 0 Å². The zero-order valence-electron chi connectivity index (χ0n) is 18.3. The Balaban J connectivity index is 5.37. The number of carbonyl (C=O) groups excluding carboxylic acids is 3. The van der Waals surface area contributed by atoms with Crippen LogP contribution in [0.15, 0.2) is 0 Å². The van der Waals surface area contributed by atoms with Crippen LogP contribution < -0.4 is 21.7 Å². The maximum Gasteiger partial charge on any atom is 0.328 e. The van der Waals surface area contributed by atoms with Gasteiger partial charge in [0.2, 0.25) is 17.7 Å². The Morgan fingerprint density at radius 1 is 0.871 bits per heavy atom. The van der Waals surface area contributed by atoms with Gasteiger partial charge < -0.3 is 37.0 Å². The SMILES string of the molecule is CCC(C)C(NC(=O)C(N)CCC(=O)O)C(=O)NC(C(=O)NC(CO)C(=O)O)C(C)C. The molecule has 0 rings (SSSR count). The van der Waals surface area contributed by atoms with Crippen molar-refractivity contribution < 1.29 is 39.3 Å². The maximum absolute atomic E-state index is 12.9. The van der Waals surface area contributed by atoms with Crippen molar-refractivity contribution in [1.82, 2.24) is 16.0 Å². The molecule has 5 atom stereocenters. The summed E-state index contributed by atoms with van der Waals surface area (Å²) >= 11 is 0. The fraction of sp³-hybridized carbons (Fsp3) is 0.737. The van der Waals surface area contributed by atoms with Gasteiger partial charge in [0, 0.05) is 6.42 Å². The summed E-state index contributed by atoms with van der Waals surface area (Å²) in [5, 5.41) is 34.0. The molecule has 0 spiro atoms. The molecule has 178 valence electrons. The third kappa shape index (κ3) is 9.75. The topological polar surface area (TPSA) is 208 Å². The van der Waals surface area contributed by atoms with E-state index in [1.165, 1.54) is 0 Å². The van der Waals surface area contributed by atoms with Gasteiger partial charge in [-0.2, -0.15) is 0 Å². The van der Waals surface area contributed by atoms with Gasteiger partial charge in [0.15, 0.2) is 0 Å². The predicted molar refractivity (Wildman–Crippen MR) is 110 cm³/mol. The van der Waals surface area contributed by atoms with Crippen LogP contribution >= 0.6 is 0 Å². The molecule has 0 saturated heterocycles. The van der Waals surface area contributed by atoms with Gasteiger partial charge in [-0.3, -0.25) is 19.2 Å². The van der Waals surface area contributed by atoms with E-state index in [0.717, 1.165) is 0 Å². The van der Waals surface area contributed by atoms with Gasteiger partial charge in [-0.25, -0.2) is 4.79 Å². The summed E-state index contributed by atoms with van der Waals surface area (Å²) in [7, 11) is 0. The molecule has 0 aliphatic heterocycles. The summed E-state index contributed by atoms with van der Waals surface area (Å²) in [6, 6.07) is -4.82. The molecule has 0 aromatic rings. The number of carbonyl (C=O) groups is 5. The molecule has 31 heavy (non-hydrogen) atoms. The predicted octanol–water partition coefficient (Wildman–Crippen LogP) is -1.59. The number of aliphatic hydroxyl groups is 1. The first-order valence-electron chi connectivity index (χ1n) is 10.1. The Bertz CT molecular complexity index is 655. The van der Waals surface area contributed by atoms with Gasteiger partial charge in [0.25, 0.3) is 0 Å². The number of amides is 3. The lowest BCUT2D eigenvalue weighted by atomic mass is 9.96. The van der Waals surface area contributed by atoms with Crippen LogP contribution in [0.5, 0.6) is 0 Å². The second kappa shape index (κ2) is 13.5. The van der Waals surface area contributed by atoms with E-state index < -0.39 is 66.4 Å². The number of aliphatic hydroxyl groups excluding tert-OH is 1. The van der Waals surface area contributed by atoms with Crippen molar-refractivity contribution in [3.05, 3.63) is 0 Å². The molecule has 12 heteroatoms. The van der Waals surface area contributed by atoms with Crippen molar-refractivity contribution >= 4 is 29.7 Å². The molecule has 0 aromatic heterocycles. The zero-order chi connectivity index (χ0) is 24.3. The molecule has 0 fully saturated rings. The van der Waals surface area contributed by atoms with Crippen LogP contribution in [0.3, 0.4) is 0 Å². The lowest BCUT2D eigenvalue weighted by Crippen LogP contribution is -2.60. The average Bonchev–Trinajstić information content (AvgIpc) is 2.70. The summed E-state index contributed by atoms with van der Waals surface area (Å²) in [6.07, 6.45) is 0.0949. The van der Waals surface area contributed by atoms with Crippen molar-refractivity contribution in [3.8, 4) is 0 Å². The van der Waals surface area contributed by atoms with Crippen molar-refractivity contribution in [2.24, 2.45) is 17.6 Å². The van der Waals surface area contributed by atoms with Gasteiger partial charge in [-0.15, -0.1) is 0 Å². The van der Waals surface area contributed by atoms with Crippen LogP contribution in [-0.4, -0.2) is 75.8 Å². The second-order valence-electron chi connectivity index (χ2n) is 7.72. The summed E-state index contributed by atoms with van der Waals surface area (Å²) in [4.78, 5) is 59.4.